The molecule has 2 amide bonds. The number of carbonyl (C=O) groups excluding carboxylic acids is 2. The number of nitrogens with zero attached hydrogens (tertiary/aromatic N) is 3. The lowest BCUT2D eigenvalue weighted by Gasteiger charge is -2.15. The fraction of sp³-hybridized carbons (Fsp3) is 0.174. The highest BCUT2D eigenvalue weighted by Crippen LogP contribution is 2.27. The van der Waals surface area contributed by atoms with Gasteiger partial charge in [0.25, 0.3) is 5.69 Å². The van der Waals surface area contributed by atoms with Crippen molar-refractivity contribution in [2.45, 2.75) is 26.8 Å². The Morgan fingerprint density at radius 1 is 1.15 bits per heavy atom. The largest absolute Gasteiger partial charge is 0.323 e. The number of aryl methyl sites for hydroxylation is 2. The van der Waals surface area contributed by atoms with Crippen LogP contribution in [-0.2, 0) is 9.59 Å². The van der Waals surface area contributed by atoms with Crippen molar-refractivity contribution in [3.63, 3.8) is 0 Å². The zero-order valence-corrected chi connectivity index (χ0v) is 19.0. The fourth-order valence-electron chi connectivity index (χ4n) is 3.22. The molecule has 0 aliphatic rings. The molecule has 33 heavy (non-hydrogen) atoms. The summed E-state index contributed by atoms with van der Waals surface area (Å²) in [5, 5.41) is 21.0. The molecule has 0 saturated carbocycles. The van der Waals surface area contributed by atoms with E-state index in [0.717, 1.165) is 11.4 Å². The number of benzene rings is 2. The molecule has 0 radical (unpaired) electrons. The zero-order chi connectivity index (χ0) is 24.1. The maximum absolute atomic E-state index is 12.6. The van der Waals surface area contributed by atoms with Gasteiger partial charge >= 0.3 is 0 Å². The van der Waals surface area contributed by atoms with Crippen molar-refractivity contribution in [2.75, 3.05) is 10.6 Å². The summed E-state index contributed by atoms with van der Waals surface area (Å²) in [4.78, 5) is 35.4. The van der Waals surface area contributed by atoms with E-state index in [-0.39, 0.29) is 16.6 Å². The van der Waals surface area contributed by atoms with Gasteiger partial charge in [0.05, 0.1) is 26.9 Å². The lowest BCUT2D eigenvalue weighted by Crippen LogP contribution is -2.25. The molecule has 1 aromatic heterocycles. The fourth-order valence-corrected chi connectivity index (χ4v) is 3.45. The monoisotopic (exact) mass is 467 g/mol. The molecule has 1 atom stereocenters. The molecular formula is C23H22ClN5O4. The molecule has 1 unspecified atom stereocenters. The highest BCUT2D eigenvalue weighted by atomic mass is 35.5. The second-order valence-electron chi connectivity index (χ2n) is 7.37. The van der Waals surface area contributed by atoms with Crippen LogP contribution in [0.5, 0.6) is 0 Å². The number of carbonyl (C=O) groups is 2. The van der Waals surface area contributed by atoms with Crippen LogP contribution in [0.25, 0.3) is 6.08 Å². The van der Waals surface area contributed by atoms with Gasteiger partial charge in [0.15, 0.2) is 0 Å². The van der Waals surface area contributed by atoms with Gasteiger partial charge in [-0.1, -0.05) is 23.7 Å². The number of hydrogen-bond donors (Lipinski definition) is 2. The van der Waals surface area contributed by atoms with Crippen molar-refractivity contribution >= 4 is 46.6 Å². The molecular weight excluding hydrogens is 446 g/mol. The van der Waals surface area contributed by atoms with Crippen molar-refractivity contribution in [2.24, 2.45) is 0 Å². The number of para-hydroxylation sites is 1. The lowest BCUT2D eigenvalue weighted by molar-refractivity contribution is -0.385. The number of rotatable bonds is 7. The predicted molar refractivity (Wildman–Crippen MR) is 127 cm³/mol. The molecule has 0 aliphatic carbocycles. The quantitative estimate of drug-likeness (QED) is 0.290. The van der Waals surface area contributed by atoms with Crippen molar-refractivity contribution in [1.82, 2.24) is 9.78 Å². The second kappa shape index (κ2) is 10.1. The Labute approximate surface area is 195 Å². The maximum Gasteiger partial charge on any atom is 0.276 e. The summed E-state index contributed by atoms with van der Waals surface area (Å²) < 4.78 is 1.64. The SMILES string of the molecule is Cc1cc(C)n(C(C)C(=O)Nc2ccc(NC(=O)C=Cc3ccccc3[N+](=O)[O-])cc2Cl)n1. The lowest BCUT2D eigenvalue weighted by atomic mass is 10.1. The minimum Gasteiger partial charge on any atom is -0.323 e. The molecule has 10 heteroatoms. The molecule has 1 heterocycles. The van der Waals surface area contributed by atoms with Crippen LogP contribution in [0.1, 0.15) is 29.9 Å². The number of hydrogen-bond acceptors (Lipinski definition) is 5. The van der Waals surface area contributed by atoms with Gasteiger partial charge in [0, 0.05) is 23.5 Å². The van der Waals surface area contributed by atoms with Gasteiger partial charge in [0.1, 0.15) is 6.04 Å². The summed E-state index contributed by atoms with van der Waals surface area (Å²) in [6.45, 7) is 5.47. The first-order valence-electron chi connectivity index (χ1n) is 10.0. The maximum atomic E-state index is 12.6. The average Bonchev–Trinajstić information content (AvgIpc) is 3.11. The molecule has 0 aliphatic heterocycles. The van der Waals surface area contributed by atoms with E-state index in [1.165, 1.54) is 24.3 Å². The van der Waals surface area contributed by atoms with Gasteiger partial charge in [-0.25, -0.2) is 0 Å². The number of aromatic nitrogens is 2. The van der Waals surface area contributed by atoms with Crippen molar-refractivity contribution in [1.29, 1.82) is 0 Å². The zero-order valence-electron chi connectivity index (χ0n) is 18.2. The number of nitro benzene ring substituents is 1. The minimum atomic E-state index is -0.540. The molecule has 0 fully saturated rings. The second-order valence-corrected chi connectivity index (χ2v) is 7.78. The van der Waals surface area contributed by atoms with Gasteiger partial charge < -0.3 is 10.6 Å². The van der Waals surface area contributed by atoms with Crippen LogP contribution in [-0.4, -0.2) is 26.5 Å². The van der Waals surface area contributed by atoms with Crippen molar-refractivity contribution in [3.05, 3.63) is 86.7 Å². The van der Waals surface area contributed by atoms with E-state index in [4.69, 9.17) is 11.6 Å². The molecule has 170 valence electrons. The Morgan fingerprint density at radius 3 is 2.52 bits per heavy atom. The normalized spacial score (nSPS) is 11.9. The molecule has 0 spiro atoms. The Balaban J connectivity index is 1.66. The first-order valence-corrected chi connectivity index (χ1v) is 10.4. The number of nitrogens with one attached hydrogen (secondary N) is 2. The Kier molecular flexibility index (Phi) is 7.24. The molecule has 2 aromatic carbocycles. The molecule has 9 nitrogen and oxygen atoms in total. The van der Waals surface area contributed by atoms with Gasteiger partial charge in [-0.2, -0.15) is 5.10 Å². The number of amides is 2. The highest BCUT2D eigenvalue weighted by Gasteiger charge is 2.19. The van der Waals surface area contributed by atoms with Crippen LogP contribution < -0.4 is 10.6 Å². The molecule has 2 N–H and O–H groups in total. The van der Waals surface area contributed by atoms with E-state index in [2.05, 4.69) is 15.7 Å². The smallest absolute Gasteiger partial charge is 0.276 e. The van der Waals surface area contributed by atoms with E-state index >= 15 is 0 Å². The summed E-state index contributed by atoms with van der Waals surface area (Å²) in [6, 6.07) is 12.1. The van der Waals surface area contributed by atoms with Crippen LogP contribution >= 0.6 is 11.6 Å². The number of halogens is 1. The van der Waals surface area contributed by atoms with E-state index < -0.39 is 16.9 Å². The van der Waals surface area contributed by atoms with Gasteiger partial charge in [-0.05, 0) is 57.2 Å². The summed E-state index contributed by atoms with van der Waals surface area (Å²) >= 11 is 6.29. The number of nitro groups is 1. The predicted octanol–water partition coefficient (Wildman–Crippen LogP) is 4.91. The van der Waals surface area contributed by atoms with Crippen LogP contribution in [0.4, 0.5) is 17.1 Å². The third kappa shape index (κ3) is 5.83. The molecule has 3 rings (SSSR count). The van der Waals surface area contributed by atoms with E-state index in [1.807, 2.05) is 19.9 Å². The van der Waals surface area contributed by atoms with E-state index in [1.54, 1.807) is 41.9 Å². The van der Waals surface area contributed by atoms with Crippen LogP contribution in [0.3, 0.4) is 0 Å². The Hall–Kier alpha value is -3.98. The average molecular weight is 468 g/mol. The molecule has 0 saturated heterocycles. The Bertz CT molecular complexity index is 1250. The van der Waals surface area contributed by atoms with Crippen molar-refractivity contribution < 1.29 is 14.5 Å². The topological polar surface area (TPSA) is 119 Å². The molecule has 3 aromatic rings. The van der Waals surface area contributed by atoms with Gasteiger partial charge in [-0.3, -0.25) is 24.4 Å². The van der Waals surface area contributed by atoms with E-state index in [9.17, 15) is 19.7 Å². The molecule has 0 bridgehead atoms. The summed E-state index contributed by atoms with van der Waals surface area (Å²) in [5.41, 5.74) is 2.70. The minimum absolute atomic E-state index is 0.0978. The van der Waals surface area contributed by atoms with Crippen molar-refractivity contribution in [3.8, 4) is 0 Å². The van der Waals surface area contributed by atoms with Gasteiger partial charge in [-0.15, -0.1) is 0 Å². The third-order valence-corrected chi connectivity index (χ3v) is 5.15. The van der Waals surface area contributed by atoms with Crippen LogP contribution in [0, 0.1) is 24.0 Å². The summed E-state index contributed by atoms with van der Waals surface area (Å²) in [5.74, 6) is -0.772. The first-order chi connectivity index (χ1) is 15.7. The van der Waals surface area contributed by atoms with Crippen LogP contribution in [0.2, 0.25) is 5.02 Å². The Morgan fingerprint density at radius 2 is 1.88 bits per heavy atom. The third-order valence-electron chi connectivity index (χ3n) is 4.83. The van der Waals surface area contributed by atoms with E-state index in [0.29, 0.717) is 16.9 Å². The number of anilines is 2. The first kappa shape index (κ1) is 23.7. The van der Waals surface area contributed by atoms with Crippen LogP contribution in [0.15, 0.2) is 54.6 Å². The highest BCUT2D eigenvalue weighted by molar-refractivity contribution is 6.34. The summed E-state index contributed by atoms with van der Waals surface area (Å²) in [6.07, 6.45) is 2.56. The standard InChI is InChI=1S/C23H22ClN5O4/c1-14-12-15(2)28(27-14)16(3)23(31)26-20-10-9-18(13-19(20)24)25-22(30)11-8-17-6-4-5-7-21(17)29(32)33/h4-13,16H,1-3H3,(H,25,30)(H,26,31). The van der Waals surface area contributed by atoms with Gasteiger partial charge in [0.2, 0.25) is 11.8 Å². The summed E-state index contributed by atoms with van der Waals surface area (Å²) in [7, 11) is 0.